The Balaban J connectivity index is 3.04. The summed E-state index contributed by atoms with van der Waals surface area (Å²) in [5.41, 5.74) is 4.22. The Hall–Kier alpha value is -1.22. The van der Waals surface area contributed by atoms with E-state index in [-0.39, 0.29) is 0 Å². The van der Waals surface area contributed by atoms with E-state index in [2.05, 4.69) is 57.7 Å². The summed E-state index contributed by atoms with van der Waals surface area (Å²) >= 11 is 0. The summed E-state index contributed by atoms with van der Waals surface area (Å²) in [4.78, 5) is 0. The molecular formula is C15H20. The number of rotatable bonds is 2. The monoisotopic (exact) mass is 200 g/mol. The zero-order valence-corrected chi connectivity index (χ0v) is 10.4. The lowest BCUT2D eigenvalue weighted by atomic mass is 9.85. The van der Waals surface area contributed by atoms with Crippen LogP contribution in [0, 0.1) is 31.6 Å². The lowest BCUT2D eigenvalue weighted by Gasteiger charge is -2.19. The van der Waals surface area contributed by atoms with Crippen molar-refractivity contribution >= 4 is 0 Å². The summed E-state index contributed by atoms with van der Waals surface area (Å²) in [5, 5.41) is 0. The Bertz CT molecular complexity index is 390. The molecule has 1 aromatic rings. The van der Waals surface area contributed by atoms with Crippen molar-refractivity contribution in [2.24, 2.45) is 5.92 Å². The third kappa shape index (κ3) is 2.63. The van der Waals surface area contributed by atoms with Crippen molar-refractivity contribution < 1.29 is 0 Å². The molecule has 0 radical (unpaired) electrons. The zero-order valence-electron chi connectivity index (χ0n) is 10.4. The van der Waals surface area contributed by atoms with E-state index >= 15 is 0 Å². The number of aryl methyl sites for hydroxylation is 1. The molecule has 1 aromatic carbocycles. The van der Waals surface area contributed by atoms with Crippen molar-refractivity contribution in [1.29, 1.82) is 0 Å². The van der Waals surface area contributed by atoms with Crippen molar-refractivity contribution in [1.82, 2.24) is 0 Å². The molecular weight excluding hydrogens is 180 g/mol. The van der Waals surface area contributed by atoms with Crippen molar-refractivity contribution in [3.05, 3.63) is 34.9 Å². The van der Waals surface area contributed by atoms with Gasteiger partial charge in [0, 0.05) is 5.92 Å². The predicted molar refractivity (Wildman–Crippen MR) is 66.9 cm³/mol. The third-order valence-corrected chi connectivity index (χ3v) is 3.26. The molecule has 0 spiro atoms. The maximum Gasteiger partial charge on any atom is 0.0240 e. The topological polar surface area (TPSA) is 0 Å². The molecule has 0 aromatic heterocycles. The molecule has 0 fully saturated rings. The van der Waals surface area contributed by atoms with Crippen LogP contribution >= 0.6 is 0 Å². The van der Waals surface area contributed by atoms with Gasteiger partial charge in [0.2, 0.25) is 0 Å². The Labute approximate surface area is 93.7 Å². The van der Waals surface area contributed by atoms with Gasteiger partial charge in [0.25, 0.3) is 0 Å². The molecule has 1 rings (SSSR count). The van der Waals surface area contributed by atoms with Gasteiger partial charge in [-0.15, -0.1) is 5.92 Å². The molecule has 0 nitrogen and oxygen atoms in total. The van der Waals surface area contributed by atoms with Crippen LogP contribution in [0.4, 0.5) is 0 Å². The van der Waals surface area contributed by atoms with Gasteiger partial charge >= 0.3 is 0 Å². The molecule has 0 saturated carbocycles. The molecule has 0 heteroatoms. The molecule has 0 aliphatic rings. The van der Waals surface area contributed by atoms with Crippen LogP contribution in [0.15, 0.2) is 18.2 Å². The van der Waals surface area contributed by atoms with Crippen LogP contribution in [-0.4, -0.2) is 0 Å². The van der Waals surface area contributed by atoms with E-state index in [0.717, 1.165) is 0 Å². The van der Waals surface area contributed by atoms with Crippen LogP contribution in [0.2, 0.25) is 0 Å². The fraction of sp³-hybridized carbons (Fsp3) is 0.467. The van der Waals surface area contributed by atoms with Gasteiger partial charge in [0.15, 0.2) is 0 Å². The molecule has 0 bridgehead atoms. The summed E-state index contributed by atoms with van der Waals surface area (Å²) < 4.78 is 0. The molecule has 15 heavy (non-hydrogen) atoms. The van der Waals surface area contributed by atoms with E-state index in [1.54, 1.807) is 0 Å². The fourth-order valence-corrected chi connectivity index (χ4v) is 1.89. The van der Waals surface area contributed by atoms with Gasteiger partial charge in [-0.3, -0.25) is 0 Å². The molecule has 0 heterocycles. The minimum absolute atomic E-state index is 0.426. The molecule has 2 unspecified atom stereocenters. The Morgan fingerprint density at radius 2 is 1.80 bits per heavy atom. The van der Waals surface area contributed by atoms with Crippen molar-refractivity contribution in [3.63, 3.8) is 0 Å². The second-order valence-electron chi connectivity index (χ2n) is 4.26. The van der Waals surface area contributed by atoms with Crippen LogP contribution in [0.5, 0.6) is 0 Å². The molecule has 2 atom stereocenters. The minimum atomic E-state index is 0.426. The van der Waals surface area contributed by atoms with E-state index in [9.17, 15) is 0 Å². The number of hydrogen-bond donors (Lipinski definition) is 0. The lowest BCUT2D eigenvalue weighted by molar-refractivity contribution is 0.606. The number of hydrogen-bond acceptors (Lipinski definition) is 0. The average Bonchev–Trinajstić information content (AvgIpc) is 2.21. The van der Waals surface area contributed by atoms with Gasteiger partial charge in [-0.25, -0.2) is 0 Å². The first kappa shape index (κ1) is 11.9. The highest BCUT2D eigenvalue weighted by molar-refractivity contribution is 5.36. The highest BCUT2D eigenvalue weighted by atomic mass is 14.2. The average molecular weight is 200 g/mol. The first-order valence-corrected chi connectivity index (χ1v) is 5.56. The summed E-state index contributed by atoms with van der Waals surface area (Å²) in [6.45, 7) is 10.7. The number of benzene rings is 1. The van der Waals surface area contributed by atoms with Crippen molar-refractivity contribution in [3.8, 4) is 11.8 Å². The van der Waals surface area contributed by atoms with Gasteiger partial charge in [-0.2, -0.15) is 0 Å². The summed E-state index contributed by atoms with van der Waals surface area (Å²) in [7, 11) is 0. The van der Waals surface area contributed by atoms with Crippen molar-refractivity contribution in [2.45, 2.75) is 40.5 Å². The minimum Gasteiger partial charge on any atom is -0.106 e. The maximum absolute atomic E-state index is 3.24. The largest absolute Gasteiger partial charge is 0.106 e. The molecule has 0 aliphatic carbocycles. The van der Waals surface area contributed by atoms with Gasteiger partial charge in [-0.1, -0.05) is 38.0 Å². The van der Waals surface area contributed by atoms with Crippen LogP contribution in [0.25, 0.3) is 0 Å². The van der Waals surface area contributed by atoms with Crippen LogP contribution in [-0.2, 0) is 0 Å². The Morgan fingerprint density at radius 1 is 1.13 bits per heavy atom. The summed E-state index contributed by atoms with van der Waals surface area (Å²) in [5.74, 6) is 7.18. The molecule has 0 saturated heterocycles. The molecule has 0 aliphatic heterocycles. The first-order chi connectivity index (χ1) is 7.07. The Kier molecular flexibility index (Phi) is 3.97. The van der Waals surface area contributed by atoms with Crippen LogP contribution in [0.3, 0.4) is 0 Å². The molecule has 80 valence electrons. The third-order valence-electron chi connectivity index (χ3n) is 3.26. The van der Waals surface area contributed by atoms with Gasteiger partial charge in [0.05, 0.1) is 0 Å². The maximum atomic E-state index is 3.24. The van der Waals surface area contributed by atoms with E-state index in [4.69, 9.17) is 0 Å². The van der Waals surface area contributed by atoms with E-state index in [0.29, 0.717) is 11.8 Å². The smallest absolute Gasteiger partial charge is 0.0240 e. The van der Waals surface area contributed by atoms with E-state index in [1.165, 1.54) is 16.7 Å². The summed E-state index contributed by atoms with van der Waals surface area (Å²) in [6.07, 6.45) is 0. The van der Waals surface area contributed by atoms with Gasteiger partial charge in [0.1, 0.15) is 0 Å². The van der Waals surface area contributed by atoms with E-state index in [1.807, 2.05) is 6.92 Å². The van der Waals surface area contributed by atoms with Crippen LogP contribution in [0.1, 0.15) is 43.4 Å². The standard InChI is InChI=1S/C15H20/c1-6-8-11(2)13(4)15-10-7-9-12(3)14(15)5/h7,9-11,13H,1-5H3. The van der Waals surface area contributed by atoms with Crippen molar-refractivity contribution in [2.75, 3.05) is 0 Å². The molecule has 0 N–H and O–H groups in total. The first-order valence-electron chi connectivity index (χ1n) is 5.56. The predicted octanol–water partition coefficient (Wildman–Crippen LogP) is 4.07. The highest BCUT2D eigenvalue weighted by Crippen LogP contribution is 2.27. The zero-order chi connectivity index (χ0) is 11.4. The summed E-state index contributed by atoms with van der Waals surface area (Å²) in [6, 6.07) is 6.53. The normalized spacial score (nSPS) is 13.9. The quantitative estimate of drug-likeness (QED) is 0.631. The van der Waals surface area contributed by atoms with Gasteiger partial charge < -0.3 is 0 Å². The Morgan fingerprint density at radius 3 is 2.40 bits per heavy atom. The highest BCUT2D eigenvalue weighted by Gasteiger charge is 2.14. The SMILES string of the molecule is CC#CC(C)C(C)c1cccc(C)c1C. The second kappa shape index (κ2) is 5.03. The fourth-order valence-electron chi connectivity index (χ4n) is 1.89. The van der Waals surface area contributed by atoms with Gasteiger partial charge in [-0.05, 0) is 43.4 Å². The molecule has 0 amide bonds. The second-order valence-corrected chi connectivity index (χ2v) is 4.26. The van der Waals surface area contributed by atoms with Crippen LogP contribution < -0.4 is 0 Å². The lowest BCUT2D eigenvalue weighted by Crippen LogP contribution is -2.06. The van der Waals surface area contributed by atoms with E-state index < -0.39 is 0 Å².